The van der Waals surface area contributed by atoms with Crippen LogP contribution in [0.1, 0.15) is 28.9 Å². The number of nitrogens with one attached hydrogen (secondary N) is 2. The summed E-state index contributed by atoms with van der Waals surface area (Å²) >= 11 is 0. The molecule has 8 heteroatoms. The Balaban J connectivity index is 2.00. The highest BCUT2D eigenvalue weighted by atomic mass is 16.5. The van der Waals surface area contributed by atoms with E-state index in [-0.39, 0.29) is 18.5 Å². The van der Waals surface area contributed by atoms with Gasteiger partial charge >= 0.3 is 0 Å². The SMILES string of the molecule is COc1cc(C(=O)NCC(=O)NC(C)c2ccncc2)cc(OC)c1OC. The van der Waals surface area contributed by atoms with E-state index in [0.29, 0.717) is 22.8 Å². The number of nitrogens with zero attached hydrogens (tertiary/aromatic N) is 1. The van der Waals surface area contributed by atoms with Gasteiger partial charge in [-0.3, -0.25) is 14.6 Å². The molecule has 2 amide bonds. The van der Waals surface area contributed by atoms with Crippen molar-refractivity contribution in [1.29, 1.82) is 0 Å². The summed E-state index contributed by atoms with van der Waals surface area (Å²) in [6.45, 7) is 1.69. The minimum Gasteiger partial charge on any atom is -0.493 e. The smallest absolute Gasteiger partial charge is 0.251 e. The van der Waals surface area contributed by atoms with Crippen LogP contribution in [0.5, 0.6) is 17.2 Å². The van der Waals surface area contributed by atoms with E-state index in [1.54, 1.807) is 12.4 Å². The fourth-order valence-corrected chi connectivity index (χ4v) is 2.50. The largest absolute Gasteiger partial charge is 0.493 e. The summed E-state index contributed by atoms with van der Waals surface area (Å²) in [4.78, 5) is 28.4. The molecule has 2 N–H and O–H groups in total. The van der Waals surface area contributed by atoms with E-state index in [1.165, 1.54) is 33.5 Å². The zero-order valence-electron chi connectivity index (χ0n) is 15.7. The second-order valence-electron chi connectivity index (χ2n) is 5.67. The number of hydrogen-bond acceptors (Lipinski definition) is 6. The van der Waals surface area contributed by atoms with E-state index >= 15 is 0 Å². The fourth-order valence-electron chi connectivity index (χ4n) is 2.50. The molecule has 0 spiro atoms. The van der Waals surface area contributed by atoms with Crippen LogP contribution in [0.2, 0.25) is 0 Å². The Kier molecular flexibility index (Phi) is 6.99. The summed E-state index contributed by atoms with van der Waals surface area (Å²) in [7, 11) is 4.41. The number of ether oxygens (including phenoxy) is 3. The Morgan fingerprint density at radius 3 is 2.15 bits per heavy atom. The molecule has 1 heterocycles. The minimum atomic E-state index is -0.430. The number of rotatable bonds is 8. The molecule has 0 saturated carbocycles. The summed E-state index contributed by atoms with van der Waals surface area (Å²) in [5.74, 6) is 0.372. The first-order valence-electron chi connectivity index (χ1n) is 8.27. The molecule has 1 aromatic carbocycles. The van der Waals surface area contributed by atoms with Gasteiger partial charge in [-0.15, -0.1) is 0 Å². The van der Waals surface area contributed by atoms with Crippen molar-refractivity contribution >= 4 is 11.8 Å². The third kappa shape index (κ3) is 5.10. The molecular weight excluding hydrogens is 350 g/mol. The fraction of sp³-hybridized carbons (Fsp3) is 0.316. The second-order valence-corrected chi connectivity index (χ2v) is 5.67. The second kappa shape index (κ2) is 9.42. The lowest BCUT2D eigenvalue weighted by Crippen LogP contribution is -2.38. The van der Waals surface area contributed by atoms with Crippen molar-refractivity contribution in [3.8, 4) is 17.2 Å². The predicted molar refractivity (Wildman–Crippen MR) is 99.2 cm³/mol. The molecule has 1 unspecified atom stereocenters. The molecule has 1 aromatic heterocycles. The van der Waals surface area contributed by atoms with Crippen LogP contribution in [0.4, 0.5) is 0 Å². The Morgan fingerprint density at radius 1 is 1.04 bits per heavy atom. The molecule has 2 aromatic rings. The van der Waals surface area contributed by atoms with Crippen molar-refractivity contribution in [2.24, 2.45) is 0 Å². The molecule has 1 atom stereocenters. The maximum atomic E-state index is 12.4. The normalized spacial score (nSPS) is 11.3. The maximum Gasteiger partial charge on any atom is 0.251 e. The zero-order valence-corrected chi connectivity index (χ0v) is 15.7. The van der Waals surface area contributed by atoms with E-state index < -0.39 is 5.91 Å². The number of aromatic nitrogens is 1. The highest BCUT2D eigenvalue weighted by molar-refractivity contribution is 5.97. The first kappa shape index (κ1) is 20.0. The molecule has 0 radical (unpaired) electrons. The molecule has 0 saturated heterocycles. The van der Waals surface area contributed by atoms with Gasteiger partial charge in [-0.05, 0) is 36.8 Å². The maximum absolute atomic E-state index is 12.4. The van der Waals surface area contributed by atoms with Gasteiger partial charge < -0.3 is 24.8 Å². The number of pyridine rings is 1. The number of methoxy groups -OCH3 is 3. The van der Waals surface area contributed by atoms with Gasteiger partial charge in [0.2, 0.25) is 11.7 Å². The van der Waals surface area contributed by atoms with Gasteiger partial charge in [-0.25, -0.2) is 0 Å². The molecule has 0 bridgehead atoms. The van der Waals surface area contributed by atoms with Gasteiger partial charge in [0.15, 0.2) is 11.5 Å². The van der Waals surface area contributed by atoms with Crippen molar-refractivity contribution in [3.05, 3.63) is 47.8 Å². The third-order valence-electron chi connectivity index (χ3n) is 3.92. The van der Waals surface area contributed by atoms with Gasteiger partial charge in [-0.2, -0.15) is 0 Å². The molecule has 27 heavy (non-hydrogen) atoms. The van der Waals surface area contributed by atoms with Crippen molar-refractivity contribution in [2.45, 2.75) is 13.0 Å². The van der Waals surface area contributed by atoms with Crippen LogP contribution in [-0.4, -0.2) is 44.7 Å². The molecule has 0 aliphatic heterocycles. The van der Waals surface area contributed by atoms with E-state index in [1.807, 2.05) is 19.1 Å². The average molecular weight is 373 g/mol. The first-order chi connectivity index (χ1) is 13.0. The summed E-state index contributed by atoms with van der Waals surface area (Å²) in [6.07, 6.45) is 3.31. The van der Waals surface area contributed by atoms with E-state index in [0.717, 1.165) is 5.56 Å². The Bertz CT molecular complexity index is 770. The highest BCUT2D eigenvalue weighted by Crippen LogP contribution is 2.38. The van der Waals surface area contributed by atoms with Crippen molar-refractivity contribution in [3.63, 3.8) is 0 Å². The topological polar surface area (TPSA) is 98.8 Å². The molecule has 8 nitrogen and oxygen atoms in total. The molecule has 2 rings (SSSR count). The van der Waals surface area contributed by atoms with Crippen molar-refractivity contribution < 1.29 is 23.8 Å². The molecule has 0 aliphatic rings. The van der Waals surface area contributed by atoms with Crippen LogP contribution >= 0.6 is 0 Å². The summed E-state index contributed by atoms with van der Waals surface area (Å²) in [6, 6.07) is 6.49. The van der Waals surface area contributed by atoms with Crippen LogP contribution in [0, 0.1) is 0 Å². The molecular formula is C19H23N3O5. The van der Waals surface area contributed by atoms with Crippen LogP contribution in [0.3, 0.4) is 0 Å². The van der Waals surface area contributed by atoms with Crippen LogP contribution in [0.25, 0.3) is 0 Å². The standard InChI is InChI=1S/C19H23N3O5/c1-12(13-5-7-20-8-6-13)22-17(23)11-21-19(24)14-9-15(25-2)18(27-4)16(10-14)26-3/h5-10,12H,11H2,1-4H3,(H,21,24)(H,22,23). The number of carbonyl (C=O) groups is 2. The number of hydrogen-bond donors (Lipinski definition) is 2. The Morgan fingerprint density at radius 2 is 1.63 bits per heavy atom. The van der Waals surface area contributed by atoms with Crippen LogP contribution in [0.15, 0.2) is 36.7 Å². The lowest BCUT2D eigenvalue weighted by Gasteiger charge is -2.15. The molecule has 0 aliphatic carbocycles. The van der Waals surface area contributed by atoms with Gasteiger partial charge in [0.05, 0.1) is 33.9 Å². The monoisotopic (exact) mass is 373 g/mol. The Labute approximate surface area is 157 Å². The molecule has 0 fully saturated rings. The Hall–Kier alpha value is -3.29. The minimum absolute atomic E-state index is 0.162. The summed E-state index contributed by atoms with van der Waals surface area (Å²) in [5.41, 5.74) is 1.22. The first-order valence-corrected chi connectivity index (χ1v) is 8.27. The van der Waals surface area contributed by atoms with Gasteiger partial charge in [0.25, 0.3) is 5.91 Å². The summed E-state index contributed by atoms with van der Waals surface area (Å²) in [5, 5.41) is 5.40. The van der Waals surface area contributed by atoms with Crippen molar-refractivity contribution in [2.75, 3.05) is 27.9 Å². The number of carbonyl (C=O) groups excluding carboxylic acids is 2. The van der Waals surface area contributed by atoms with Crippen LogP contribution in [-0.2, 0) is 4.79 Å². The third-order valence-corrected chi connectivity index (χ3v) is 3.92. The quantitative estimate of drug-likeness (QED) is 0.731. The number of amides is 2. The van der Waals surface area contributed by atoms with Crippen LogP contribution < -0.4 is 24.8 Å². The van der Waals surface area contributed by atoms with Crippen molar-refractivity contribution in [1.82, 2.24) is 15.6 Å². The average Bonchev–Trinajstić information content (AvgIpc) is 2.71. The highest BCUT2D eigenvalue weighted by Gasteiger charge is 2.18. The number of benzene rings is 1. The zero-order chi connectivity index (χ0) is 19.8. The van der Waals surface area contributed by atoms with Gasteiger partial charge in [0, 0.05) is 18.0 Å². The van der Waals surface area contributed by atoms with E-state index in [4.69, 9.17) is 14.2 Å². The predicted octanol–water partition coefficient (Wildman–Crippen LogP) is 1.71. The lowest BCUT2D eigenvalue weighted by atomic mass is 10.1. The molecule has 144 valence electrons. The van der Waals surface area contributed by atoms with Gasteiger partial charge in [-0.1, -0.05) is 0 Å². The van der Waals surface area contributed by atoms with E-state index in [9.17, 15) is 9.59 Å². The van der Waals surface area contributed by atoms with Gasteiger partial charge in [0.1, 0.15) is 0 Å². The summed E-state index contributed by atoms with van der Waals surface area (Å²) < 4.78 is 15.7. The van der Waals surface area contributed by atoms with E-state index in [2.05, 4.69) is 15.6 Å². The lowest BCUT2D eigenvalue weighted by molar-refractivity contribution is -0.120.